The highest BCUT2D eigenvalue weighted by Gasteiger charge is 2.06. The van der Waals surface area contributed by atoms with E-state index in [1.54, 1.807) is 0 Å². The quantitative estimate of drug-likeness (QED) is 0.568. The van der Waals surface area contributed by atoms with Crippen LogP contribution in [0.2, 0.25) is 0 Å². The van der Waals surface area contributed by atoms with Gasteiger partial charge in [0.25, 0.3) is 0 Å². The van der Waals surface area contributed by atoms with Crippen molar-refractivity contribution in [2.45, 2.75) is 33.4 Å². The molecular formula is C7H14N2O2. The third-order valence-corrected chi connectivity index (χ3v) is 1.16. The minimum atomic E-state index is -0.231. The van der Waals surface area contributed by atoms with E-state index in [-0.39, 0.29) is 18.0 Å². The first-order chi connectivity index (χ1) is 5.06. The molecule has 0 aromatic heterocycles. The second-order valence-corrected chi connectivity index (χ2v) is 2.36. The van der Waals surface area contributed by atoms with Gasteiger partial charge in [-0.25, -0.2) is 0 Å². The summed E-state index contributed by atoms with van der Waals surface area (Å²) >= 11 is 0. The first kappa shape index (κ1) is 9.94. The molecule has 4 nitrogen and oxygen atoms in total. The predicted molar refractivity (Wildman–Crippen MR) is 41.7 cm³/mol. The third-order valence-electron chi connectivity index (χ3n) is 1.16. The Hall–Kier alpha value is -1.06. The summed E-state index contributed by atoms with van der Waals surface area (Å²) in [6.45, 7) is 4.73. The van der Waals surface area contributed by atoms with E-state index in [4.69, 9.17) is 0 Å². The van der Waals surface area contributed by atoms with Crippen LogP contribution in [0.4, 0.5) is 0 Å². The van der Waals surface area contributed by atoms with Gasteiger partial charge in [0, 0.05) is 13.8 Å². The molecule has 11 heavy (non-hydrogen) atoms. The molecule has 0 aliphatic rings. The van der Waals surface area contributed by atoms with E-state index in [1.165, 1.54) is 13.8 Å². The fourth-order valence-corrected chi connectivity index (χ4v) is 0.731. The van der Waals surface area contributed by atoms with Crippen molar-refractivity contribution >= 4 is 11.8 Å². The molecule has 2 amide bonds. The van der Waals surface area contributed by atoms with Crippen LogP contribution < -0.4 is 10.6 Å². The summed E-state index contributed by atoms with van der Waals surface area (Å²) in [6, 6.07) is 0. The number of hydrogen-bond acceptors (Lipinski definition) is 2. The van der Waals surface area contributed by atoms with Crippen molar-refractivity contribution in [3.63, 3.8) is 0 Å². The Morgan fingerprint density at radius 2 is 1.55 bits per heavy atom. The lowest BCUT2D eigenvalue weighted by molar-refractivity contribution is -0.122. The SMILES string of the molecule is CCC(NC(C)=O)NC(C)=O. The van der Waals surface area contributed by atoms with E-state index in [2.05, 4.69) is 10.6 Å². The zero-order chi connectivity index (χ0) is 8.85. The van der Waals surface area contributed by atoms with Crippen LogP contribution >= 0.6 is 0 Å². The monoisotopic (exact) mass is 158 g/mol. The minimum absolute atomic E-state index is 0.134. The number of carbonyl (C=O) groups excluding carboxylic acids is 2. The molecule has 0 unspecified atom stereocenters. The van der Waals surface area contributed by atoms with E-state index in [1.807, 2.05) is 6.92 Å². The number of hydrogen-bond donors (Lipinski definition) is 2. The first-order valence-corrected chi connectivity index (χ1v) is 3.60. The van der Waals surface area contributed by atoms with Crippen molar-refractivity contribution < 1.29 is 9.59 Å². The second-order valence-electron chi connectivity index (χ2n) is 2.36. The van der Waals surface area contributed by atoms with Crippen LogP contribution in [0.15, 0.2) is 0 Å². The van der Waals surface area contributed by atoms with Crippen LogP contribution in [-0.2, 0) is 9.59 Å². The number of rotatable bonds is 3. The van der Waals surface area contributed by atoms with E-state index in [0.29, 0.717) is 6.42 Å². The van der Waals surface area contributed by atoms with Gasteiger partial charge in [-0.05, 0) is 6.42 Å². The highest BCUT2D eigenvalue weighted by atomic mass is 16.2. The predicted octanol–water partition coefficient (Wildman–Crippen LogP) is -0.00530. The van der Waals surface area contributed by atoms with E-state index in [9.17, 15) is 9.59 Å². The summed E-state index contributed by atoms with van der Waals surface area (Å²) in [5, 5.41) is 5.18. The Balaban J connectivity index is 3.76. The number of carbonyl (C=O) groups is 2. The number of amides is 2. The van der Waals surface area contributed by atoms with E-state index in [0.717, 1.165) is 0 Å². The second kappa shape index (κ2) is 4.71. The highest BCUT2D eigenvalue weighted by Crippen LogP contribution is 1.84. The molecule has 0 aromatic carbocycles. The Kier molecular flexibility index (Phi) is 4.26. The fourth-order valence-electron chi connectivity index (χ4n) is 0.731. The zero-order valence-corrected chi connectivity index (χ0v) is 7.10. The van der Waals surface area contributed by atoms with Gasteiger partial charge >= 0.3 is 0 Å². The Morgan fingerprint density at radius 1 is 1.18 bits per heavy atom. The molecule has 0 fully saturated rings. The molecule has 0 bridgehead atoms. The summed E-state index contributed by atoms with van der Waals surface area (Å²) in [4.78, 5) is 21.1. The van der Waals surface area contributed by atoms with Crippen LogP contribution in [0.5, 0.6) is 0 Å². The molecule has 0 radical (unpaired) electrons. The molecule has 4 heteroatoms. The van der Waals surface area contributed by atoms with Gasteiger partial charge in [0.1, 0.15) is 6.17 Å². The van der Waals surface area contributed by atoms with Crippen molar-refractivity contribution in [2.24, 2.45) is 0 Å². The average molecular weight is 158 g/mol. The molecule has 2 N–H and O–H groups in total. The van der Waals surface area contributed by atoms with Crippen LogP contribution in [-0.4, -0.2) is 18.0 Å². The summed E-state index contributed by atoms with van der Waals surface area (Å²) in [5.41, 5.74) is 0. The smallest absolute Gasteiger partial charge is 0.218 e. The van der Waals surface area contributed by atoms with E-state index < -0.39 is 0 Å². The van der Waals surface area contributed by atoms with Gasteiger partial charge < -0.3 is 10.6 Å². The van der Waals surface area contributed by atoms with Gasteiger partial charge in [-0.3, -0.25) is 9.59 Å². The standard InChI is InChI=1S/C7H14N2O2/c1-4-7(8-5(2)10)9-6(3)11/h7H,4H2,1-3H3,(H,8,10)(H,9,11). The summed E-state index contributed by atoms with van der Waals surface area (Å²) in [5.74, 6) is -0.267. The molecule has 0 aromatic rings. The molecular weight excluding hydrogens is 144 g/mol. The third kappa shape index (κ3) is 5.39. The van der Waals surface area contributed by atoms with Gasteiger partial charge in [-0.15, -0.1) is 0 Å². The normalized spacial score (nSPS) is 9.45. The zero-order valence-electron chi connectivity index (χ0n) is 7.10. The molecule has 0 spiro atoms. The largest absolute Gasteiger partial charge is 0.336 e. The average Bonchev–Trinajstić information content (AvgIpc) is 1.84. The molecule has 0 atom stereocenters. The molecule has 0 aliphatic carbocycles. The first-order valence-electron chi connectivity index (χ1n) is 3.60. The van der Waals surface area contributed by atoms with Crippen molar-refractivity contribution in [1.82, 2.24) is 10.6 Å². The fraction of sp³-hybridized carbons (Fsp3) is 0.714. The maximum Gasteiger partial charge on any atom is 0.218 e. The van der Waals surface area contributed by atoms with Crippen molar-refractivity contribution in [3.05, 3.63) is 0 Å². The lowest BCUT2D eigenvalue weighted by Crippen LogP contribution is -2.45. The highest BCUT2D eigenvalue weighted by molar-refractivity contribution is 5.76. The van der Waals surface area contributed by atoms with Gasteiger partial charge in [0.05, 0.1) is 0 Å². The Labute approximate surface area is 66.4 Å². The summed E-state index contributed by atoms with van der Waals surface area (Å²) < 4.78 is 0. The summed E-state index contributed by atoms with van der Waals surface area (Å²) in [6.07, 6.45) is 0.462. The van der Waals surface area contributed by atoms with Gasteiger partial charge in [-0.2, -0.15) is 0 Å². The van der Waals surface area contributed by atoms with Crippen molar-refractivity contribution in [2.75, 3.05) is 0 Å². The van der Waals surface area contributed by atoms with Crippen molar-refractivity contribution in [1.29, 1.82) is 0 Å². The number of nitrogens with one attached hydrogen (secondary N) is 2. The maximum absolute atomic E-state index is 10.5. The van der Waals surface area contributed by atoms with Gasteiger partial charge in [-0.1, -0.05) is 6.92 Å². The maximum atomic E-state index is 10.5. The van der Waals surface area contributed by atoms with Crippen LogP contribution in [0.1, 0.15) is 27.2 Å². The summed E-state index contributed by atoms with van der Waals surface area (Å²) in [7, 11) is 0. The Bertz CT molecular complexity index is 141. The van der Waals surface area contributed by atoms with Crippen LogP contribution in [0, 0.1) is 0 Å². The van der Waals surface area contributed by atoms with Crippen LogP contribution in [0.3, 0.4) is 0 Å². The molecule has 0 rings (SSSR count). The minimum Gasteiger partial charge on any atom is -0.336 e. The molecule has 0 heterocycles. The van der Waals surface area contributed by atoms with Gasteiger partial charge in [0.15, 0.2) is 0 Å². The van der Waals surface area contributed by atoms with Crippen molar-refractivity contribution in [3.8, 4) is 0 Å². The molecule has 0 aliphatic heterocycles. The molecule has 0 saturated heterocycles. The molecule has 0 saturated carbocycles. The van der Waals surface area contributed by atoms with Crippen LogP contribution in [0.25, 0.3) is 0 Å². The topological polar surface area (TPSA) is 58.2 Å². The Morgan fingerprint density at radius 3 is 1.73 bits per heavy atom. The molecule has 64 valence electrons. The lowest BCUT2D eigenvalue weighted by Gasteiger charge is -2.15. The van der Waals surface area contributed by atoms with Gasteiger partial charge in [0.2, 0.25) is 11.8 Å². The van der Waals surface area contributed by atoms with E-state index >= 15 is 0 Å². The lowest BCUT2D eigenvalue weighted by atomic mass is 10.3.